The SMILES string of the molecule is CC(C)(C)NC(=O)Cn1c(-c2ccc(F)c(Cl)c2)nc2ccc(N3CCCNCC3)cc2c1=O. The lowest BCUT2D eigenvalue weighted by Crippen LogP contribution is -2.43. The van der Waals surface area contributed by atoms with Gasteiger partial charge in [0.2, 0.25) is 5.91 Å². The van der Waals surface area contributed by atoms with Gasteiger partial charge in [0, 0.05) is 36.4 Å². The molecular formula is C25H29ClFN5O2. The van der Waals surface area contributed by atoms with Crippen LogP contribution < -0.4 is 21.1 Å². The van der Waals surface area contributed by atoms with Crippen LogP contribution in [0.1, 0.15) is 27.2 Å². The third kappa shape index (κ3) is 5.39. The fraction of sp³-hybridized carbons (Fsp3) is 0.400. The molecule has 0 aliphatic carbocycles. The largest absolute Gasteiger partial charge is 0.370 e. The highest BCUT2D eigenvalue weighted by atomic mass is 35.5. The first kappa shape index (κ1) is 24.2. The zero-order valence-corrected chi connectivity index (χ0v) is 20.4. The van der Waals surface area contributed by atoms with E-state index in [1.165, 1.54) is 22.8 Å². The maximum Gasteiger partial charge on any atom is 0.262 e. The molecule has 9 heteroatoms. The van der Waals surface area contributed by atoms with Gasteiger partial charge in [-0.25, -0.2) is 9.37 Å². The number of nitrogens with zero attached hydrogens (tertiary/aromatic N) is 3. The quantitative estimate of drug-likeness (QED) is 0.590. The van der Waals surface area contributed by atoms with Gasteiger partial charge in [0.1, 0.15) is 18.2 Å². The number of fused-ring (bicyclic) bond motifs is 1. The Morgan fingerprint density at radius 2 is 1.97 bits per heavy atom. The van der Waals surface area contributed by atoms with Crippen LogP contribution in [0, 0.1) is 5.82 Å². The van der Waals surface area contributed by atoms with Crippen molar-refractivity contribution < 1.29 is 9.18 Å². The summed E-state index contributed by atoms with van der Waals surface area (Å²) in [6.07, 6.45) is 1.01. The maximum atomic E-state index is 13.8. The minimum absolute atomic E-state index is 0.0809. The van der Waals surface area contributed by atoms with Gasteiger partial charge < -0.3 is 15.5 Å². The molecule has 3 aromatic rings. The van der Waals surface area contributed by atoms with Gasteiger partial charge in [-0.05, 0) is 70.1 Å². The summed E-state index contributed by atoms with van der Waals surface area (Å²) < 4.78 is 15.1. The van der Waals surface area contributed by atoms with E-state index in [1.807, 2.05) is 39.0 Å². The highest BCUT2D eigenvalue weighted by Crippen LogP contribution is 2.26. The van der Waals surface area contributed by atoms with E-state index in [2.05, 4.69) is 15.5 Å². The van der Waals surface area contributed by atoms with Crippen molar-refractivity contribution in [1.29, 1.82) is 0 Å². The van der Waals surface area contributed by atoms with Crippen LogP contribution >= 0.6 is 11.6 Å². The number of nitrogens with one attached hydrogen (secondary N) is 2. The Morgan fingerprint density at radius 1 is 1.18 bits per heavy atom. The van der Waals surface area contributed by atoms with Crippen LogP contribution in [0.4, 0.5) is 10.1 Å². The average molecular weight is 486 g/mol. The van der Waals surface area contributed by atoms with Crippen molar-refractivity contribution in [2.24, 2.45) is 0 Å². The molecule has 2 aromatic carbocycles. The minimum atomic E-state index is -0.567. The van der Waals surface area contributed by atoms with E-state index in [-0.39, 0.29) is 28.9 Å². The molecule has 2 heterocycles. The summed E-state index contributed by atoms with van der Waals surface area (Å²) in [5.41, 5.74) is 1.11. The van der Waals surface area contributed by atoms with Gasteiger partial charge >= 0.3 is 0 Å². The Bertz CT molecular complexity index is 1280. The normalized spacial score (nSPS) is 14.8. The van der Waals surface area contributed by atoms with Crippen molar-refractivity contribution in [3.8, 4) is 11.4 Å². The van der Waals surface area contributed by atoms with E-state index in [9.17, 15) is 14.0 Å². The van der Waals surface area contributed by atoms with Crippen molar-refractivity contribution in [1.82, 2.24) is 20.2 Å². The second-order valence-corrected chi connectivity index (χ2v) is 9.95. The van der Waals surface area contributed by atoms with Gasteiger partial charge in [-0.3, -0.25) is 14.2 Å². The third-order valence-corrected chi connectivity index (χ3v) is 5.93. The molecular weight excluding hydrogens is 457 g/mol. The molecule has 1 amide bonds. The molecule has 0 unspecified atom stereocenters. The van der Waals surface area contributed by atoms with Crippen molar-refractivity contribution in [2.75, 3.05) is 31.1 Å². The molecule has 1 fully saturated rings. The number of halogens is 2. The molecule has 0 bridgehead atoms. The lowest BCUT2D eigenvalue weighted by Gasteiger charge is -2.23. The van der Waals surface area contributed by atoms with Crippen molar-refractivity contribution in [3.05, 3.63) is 57.6 Å². The monoisotopic (exact) mass is 485 g/mol. The van der Waals surface area contributed by atoms with Crippen molar-refractivity contribution in [3.63, 3.8) is 0 Å². The zero-order valence-electron chi connectivity index (χ0n) is 19.6. The molecule has 0 radical (unpaired) electrons. The minimum Gasteiger partial charge on any atom is -0.370 e. The van der Waals surface area contributed by atoms with E-state index in [4.69, 9.17) is 16.6 Å². The van der Waals surface area contributed by atoms with E-state index < -0.39 is 11.4 Å². The van der Waals surface area contributed by atoms with Gasteiger partial charge in [0.15, 0.2) is 0 Å². The number of hydrogen-bond acceptors (Lipinski definition) is 5. The van der Waals surface area contributed by atoms with E-state index >= 15 is 0 Å². The molecule has 4 rings (SSSR count). The predicted molar refractivity (Wildman–Crippen MR) is 134 cm³/mol. The second-order valence-electron chi connectivity index (χ2n) is 9.55. The molecule has 7 nitrogen and oxygen atoms in total. The predicted octanol–water partition coefficient (Wildman–Crippen LogP) is 3.57. The smallest absolute Gasteiger partial charge is 0.262 e. The van der Waals surface area contributed by atoms with Gasteiger partial charge in [-0.2, -0.15) is 0 Å². The number of rotatable bonds is 4. The molecule has 2 N–H and O–H groups in total. The first-order valence-corrected chi connectivity index (χ1v) is 11.8. The molecule has 1 aromatic heterocycles. The molecule has 34 heavy (non-hydrogen) atoms. The van der Waals surface area contributed by atoms with Crippen LogP contribution in [-0.4, -0.2) is 47.2 Å². The number of anilines is 1. The highest BCUT2D eigenvalue weighted by Gasteiger charge is 2.20. The van der Waals surface area contributed by atoms with Crippen LogP contribution in [0.25, 0.3) is 22.3 Å². The molecule has 0 spiro atoms. The second kappa shape index (κ2) is 9.72. The highest BCUT2D eigenvalue weighted by molar-refractivity contribution is 6.31. The molecule has 0 atom stereocenters. The average Bonchev–Trinajstić information content (AvgIpc) is 3.06. The Balaban J connectivity index is 1.85. The van der Waals surface area contributed by atoms with Crippen LogP contribution in [0.15, 0.2) is 41.2 Å². The molecule has 180 valence electrons. The lowest BCUT2D eigenvalue weighted by molar-refractivity contribution is -0.123. The summed E-state index contributed by atoms with van der Waals surface area (Å²) in [7, 11) is 0. The third-order valence-electron chi connectivity index (χ3n) is 5.64. The van der Waals surface area contributed by atoms with Crippen LogP contribution in [0.5, 0.6) is 0 Å². The standard InChI is InChI=1S/C25H29ClFN5O2/c1-25(2,3)30-22(33)15-32-23(16-5-7-20(27)19(26)13-16)29-21-8-6-17(14-18(21)24(32)34)31-11-4-9-28-10-12-31/h5-8,13-14,28H,4,9-12,15H2,1-3H3,(H,30,33). The fourth-order valence-corrected chi connectivity index (χ4v) is 4.29. The Kier molecular flexibility index (Phi) is 6.91. The van der Waals surface area contributed by atoms with Gasteiger partial charge in [0.05, 0.1) is 15.9 Å². The van der Waals surface area contributed by atoms with Crippen LogP contribution in [0.2, 0.25) is 5.02 Å². The van der Waals surface area contributed by atoms with Crippen LogP contribution in [-0.2, 0) is 11.3 Å². The Morgan fingerprint density at radius 3 is 2.71 bits per heavy atom. The Labute approximate surface area is 202 Å². The summed E-state index contributed by atoms with van der Waals surface area (Å²) in [4.78, 5) is 33.4. The molecule has 1 aliphatic rings. The molecule has 1 saturated heterocycles. The molecule has 0 saturated carbocycles. The first-order valence-electron chi connectivity index (χ1n) is 11.4. The topological polar surface area (TPSA) is 79.3 Å². The van der Waals surface area contributed by atoms with Crippen molar-refractivity contribution in [2.45, 2.75) is 39.3 Å². The van der Waals surface area contributed by atoms with E-state index in [0.717, 1.165) is 38.3 Å². The molecule has 1 aliphatic heterocycles. The lowest BCUT2D eigenvalue weighted by atomic mass is 10.1. The number of benzene rings is 2. The number of carbonyl (C=O) groups excluding carboxylic acids is 1. The van der Waals surface area contributed by atoms with Gasteiger partial charge in [0.25, 0.3) is 5.56 Å². The number of carbonyl (C=O) groups is 1. The van der Waals surface area contributed by atoms with Crippen molar-refractivity contribution >= 4 is 34.1 Å². The Hall–Kier alpha value is -2.97. The number of aromatic nitrogens is 2. The van der Waals surface area contributed by atoms with Crippen LogP contribution in [0.3, 0.4) is 0 Å². The first-order chi connectivity index (χ1) is 16.1. The summed E-state index contributed by atoms with van der Waals surface area (Å²) in [6.45, 7) is 8.96. The number of hydrogen-bond donors (Lipinski definition) is 2. The summed E-state index contributed by atoms with van der Waals surface area (Å²) >= 11 is 6.01. The summed E-state index contributed by atoms with van der Waals surface area (Å²) in [6, 6.07) is 9.77. The summed E-state index contributed by atoms with van der Waals surface area (Å²) in [5.74, 6) is -0.628. The van der Waals surface area contributed by atoms with E-state index in [1.54, 1.807) is 0 Å². The van der Waals surface area contributed by atoms with E-state index in [0.29, 0.717) is 16.5 Å². The fourth-order valence-electron chi connectivity index (χ4n) is 4.11. The summed E-state index contributed by atoms with van der Waals surface area (Å²) in [5, 5.41) is 6.61. The van der Waals surface area contributed by atoms with Gasteiger partial charge in [-0.15, -0.1) is 0 Å². The number of amides is 1. The van der Waals surface area contributed by atoms with Gasteiger partial charge in [-0.1, -0.05) is 11.6 Å². The maximum absolute atomic E-state index is 13.8. The zero-order chi connectivity index (χ0) is 24.5.